The molecule has 0 atom stereocenters. The molecule has 2 aromatic carbocycles. The Morgan fingerprint density at radius 1 is 1.06 bits per heavy atom. The topological polar surface area (TPSA) is 87.4 Å². The number of halogens is 1. The number of anilines is 1. The normalized spacial score (nSPS) is 11.0. The molecule has 182 valence electrons. The molecule has 0 aliphatic heterocycles. The Morgan fingerprint density at radius 3 is 2.37 bits per heavy atom. The van der Waals surface area contributed by atoms with E-state index in [0.717, 1.165) is 28.8 Å². The number of amides is 1. The standard InChI is InChI=1S/C26H27ClN4O4/c1-6-17-7-9-18(10-8-17)31-26-25(16(3)29-31)15(2)11-24(33)30(26)14-23(32)28-20-12-19(27)21(34-4)13-22(20)35-5/h7-13H,6,14H2,1-5H3,(H,28,32). The van der Waals surface area contributed by atoms with E-state index in [1.165, 1.54) is 30.4 Å². The molecule has 4 rings (SSSR count). The van der Waals surface area contributed by atoms with Crippen LogP contribution in [0.4, 0.5) is 5.69 Å². The van der Waals surface area contributed by atoms with E-state index in [4.69, 9.17) is 26.2 Å². The second kappa shape index (κ2) is 9.84. The smallest absolute Gasteiger partial charge is 0.252 e. The van der Waals surface area contributed by atoms with Gasteiger partial charge in [-0.2, -0.15) is 5.10 Å². The van der Waals surface area contributed by atoms with Gasteiger partial charge in [0.1, 0.15) is 23.7 Å². The molecule has 0 fully saturated rings. The first-order valence-electron chi connectivity index (χ1n) is 11.2. The third-order valence-electron chi connectivity index (χ3n) is 5.93. The number of carbonyl (C=O) groups excluding carboxylic acids is 1. The minimum absolute atomic E-state index is 0.222. The average Bonchev–Trinajstić information content (AvgIpc) is 3.19. The predicted molar refractivity (Wildman–Crippen MR) is 137 cm³/mol. The number of nitrogens with zero attached hydrogens (tertiary/aromatic N) is 3. The highest BCUT2D eigenvalue weighted by Gasteiger charge is 2.20. The van der Waals surface area contributed by atoms with Crippen molar-refractivity contribution < 1.29 is 14.3 Å². The van der Waals surface area contributed by atoms with Crippen LogP contribution in [0.1, 0.15) is 23.7 Å². The van der Waals surface area contributed by atoms with Gasteiger partial charge in [0.2, 0.25) is 5.91 Å². The van der Waals surface area contributed by atoms with E-state index in [9.17, 15) is 9.59 Å². The van der Waals surface area contributed by atoms with Crippen LogP contribution in [-0.4, -0.2) is 34.5 Å². The molecule has 0 aliphatic carbocycles. The van der Waals surface area contributed by atoms with Crippen molar-refractivity contribution in [1.29, 1.82) is 0 Å². The molecule has 9 heteroatoms. The summed E-state index contributed by atoms with van der Waals surface area (Å²) in [6.45, 7) is 5.64. The molecule has 0 unspecified atom stereocenters. The molecular formula is C26H27ClN4O4. The minimum atomic E-state index is -0.413. The fourth-order valence-corrected chi connectivity index (χ4v) is 4.40. The molecule has 0 radical (unpaired) electrons. The van der Waals surface area contributed by atoms with Crippen LogP contribution in [0.3, 0.4) is 0 Å². The number of nitrogens with one attached hydrogen (secondary N) is 1. The van der Waals surface area contributed by atoms with Crippen LogP contribution in [0.2, 0.25) is 5.02 Å². The van der Waals surface area contributed by atoms with Crippen molar-refractivity contribution in [3.63, 3.8) is 0 Å². The fraction of sp³-hybridized carbons (Fsp3) is 0.269. The molecule has 0 saturated heterocycles. The number of aryl methyl sites for hydroxylation is 3. The number of hydrogen-bond acceptors (Lipinski definition) is 5. The Bertz CT molecular complexity index is 1470. The predicted octanol–water partition coefficient (Wildman–Crippen LogP) is 4.68. The number of fused-ring (bicyclic) bond motifs is 1. The van der Waals surface area contributed by atoms with Crippen molar-refractivity contribution in [2.45, 2.75) is 33.7 Å². The van der Waals surface area contributed by atoms with E-state index in [0.29, 0.717) is 27.9 Å². The number of hydrogen-bond donors (Lipinski definition) is 1. The Hall–Kier alpha value is -3.78. The Balaban J connectivity index is 1.77. The number of benzene rings is 2. The summed E-state index contributed by atoms with van der Waals surface area (Å²) in [6, 6.07) is 12.7. The number of carbonyl (C=O) groups is 1. The first-order chi connectivity index (χ1) is 16.8. The van der Waals surface area contributed by atoms with Crippen LogP contribution in [0, 0.1) is 13.8 Å². The summed E-state index contributed by atoms with van der Waals surface area (Å²) in [4.78, 5) is 26.2. The number of pyridine rings is 1. The van der Waals surface area contributed by atoms with Crippen molar-refractivity contribution in [1.82, 2.24) is 14.3 Å². The number of aromatic nitrogens is 3. The first-order valence-corrected chi connectivity index (χ1v) is 11.6. The third-order valence-corrected chi connectivity index (χ3v) is 6.23. The van der Waals surface area contributed by atoms with E-state index < -0.39 is 5.91 Å². The van der Waals surface area contributed by atoms with Crippen LogP contribution in [-0.2, 0) is 17.8 Å². The van der Waals surface area contributed by atoms with E-state index in [1.807, 2.05) is 38.1 Å². The maximum absolute atomic E-state index is 13.1. The molecule has 35 heavy (non-hydrogen) atoms. The lowest BCUT2D eigenvalue weighted by Gasteiger charge is -2.15. The molecule has 1 N–H and O–H groups in total. The van der Waals surface area contributed by atoms with E-state index in [1.54, 1.807) is 16.8 Å². The lowest BCUT2D eigenvalue weighted by Crippen LogP contribution is -2.29. The summed E-state index contributed by atoms with van der Waals surface area (Å²) in [5.74, 6) is 0.396. The van der Waals surface area contributed by atoms with Crippen LogP contribution in [0.15, 0.2) is 47.3 Å². The van der Waals surface area contributed by atoms with Crippen LogP contribution >= 0.6 is 11.6 Å². The highest BCUT2D eigenvalue weighted by Crippen LogP contribution is 2.36. The van der Waals surface area contributed by atoms with Gasteiger partial charge in [0.25, 0.3) is 5.56 Å². The number of ether oxygens (including phenoxy) is 2. The van der Waals surface area contributed by atoms with Gasteiger partial charge in [0.05, 0.1) is 36.3 Å². The molecule has 2 heterocycles. The summed E-state index contributed by atoms with van der Waals surface area (Å²) < 4.78 is 13.7. The van der Waals surface area contributed by atoms with E-state index in [2.05, 4.69) is 12.2 Å². The molecule has 0 spiro atoms. The highest BCUT2D eigenvalue weighted by molar-refractivity contribution is 6.32. The van der Waals surface area contributed by atoms with Crippen molar-refractivity contribution in [3.05, 3.63) is 74.7 Å². The summed E-state index contributed by atoms with van der Waals surface area (Å²) in [7, 11) is 2.98. The zero-order chi connectivity index (χ0) is 25.3. The Morgan fingerprint density at radius 2 is 1.74 bits per heavy atom. The Labute approximate surface area is 208 Å². The largest absolute Gasteiger partial charge is 0.495 e. The number of rotatable bonds is 7. The lowest BCUT2D eigenvalue weighted by molar-refractivity contribution is -0.116. The van der Waals surface area contributed by atoms with Crippen LogP contribution in [0.5, 0.6) is 11.5 Å². The molecule has 0 saturated carbocycles. The molecular weight excluding hydrogens is 468 g/mol. The van der Waals surface area contributed by atoms with E-state index >= 15 is 0 Å². The van der Waals surface area contributed by atoms with Gasteiger partial charge in [0, 0.05) is 17.5 Å². The van der Waals surface area contributed by atoms with Crippen molar-refractivity contribution in [2.24, 2.45) is 0 Å². The van der Waals surface area contributed by atoms with Gasteiger partial charge in [-0.15, -0.1) is 0 Å². The van der Waals surface area contributed by atoms with Gasteiger partial charge >= 0.3 is 0 Å². The van der Waals surface area contributed by atoms with Crippen LogP contribution < -0.4 is 20.3 Å². The zero-order valence-electron chi connectivity index (χ0n) is 20.3. The van der Waals surface area contributed by atoms with Gasteiger partial charge in [-0.3, -0.25) is 14.2 Å². The minimum Gasteiger partial charge on any atom is -0.495 e. The quantitative estimate of drug-likeness (QED) is 0.403. The van der Waals surface area contributed by atoms with Crippen molar-refractivity contribution in [2.75, 3.05) is 19.5 Å². The zero-order valence-corrected chi connectivity index (χ0v) is 21.1. The first kappa shape index (κ1) is 24.3. The molecule has 8 nitrogen and oxygen atoms in total. The SMILES string of the molecule is CCc1ccc(-n2nc(C)c3c(C)cc(=O)n(CC(=O)Nc4cc(Cl)c(OC)cc4OC)c32)cc1. The molecule has 1 amide bonds. The number of methoxy groups -OCH3 is 2. The second-order valence-corrected chi connectivity index (χ2v) is 8.61. The molecule has 4 aromatic rings. The van der Waals surface area contributed by atoms with Gasteiger partial charge in [0.15, 0.2) is 0 Å². The summed E-state index contributed by atoms with van der Waals surface area (Å²) in [5.41, 5.74) is 4.22. The van der Waals surface area contributed by atoms with Gasteiger partial charge in [-0.1, -0.05) is 30.7 Å². The fourth-order valence-electron chi connectivity index (χ4n) is 4.16. The highest BCUT2D eigenvalue weighted by atomic mass is 35.5. The van der Waals surface area contributed by atoms with Gasteiger partial charge in [-0.25, -0.2) is 4.68 Å². The monoisotopic (exact) mass is 494 g/mol. The van der Waals surface area contributed by atoms with Gasteiger partial charge < -0.3 is 14.8 Å². The summed E-state index contributed by atoms with van der Waals surface area (Å²) in [5, 5.41) is 8.65. The average molecular weight is 495 g/mol. The maximum Gasteiger partial charge on any atom is 0.252 e. The van der Waals surface area contributed by atoms with E-state index in [-0.39, 0.29) is 12.1 Å². The van der Waals surface area contributed by atoms with Crippen molar-refractivity contribution in [3.8, 4) is 17.2 Å². The molecule has 0 bridgehead atoms. The molecule has 2 aromatic heterocycles. The molecule has 0 aliphatic rings. The summed E-state index contributed by atoms with van der Waals surface area (Å²) in [6.07, 6.45) is 0.919. The van der Waals surface area contributed by atoms with Crippen LogP contribution in [0.25, 0.3) is 16.7 Å². The summed E-state index contributed by atoms with van der Waals surface area (Å²) >= 11 is 6.24. The Kier molecular flexibility index (Phi) is 6.84. The van der Waals surface area contributed by atoms with Gasteiger partial charge in [-0.05, 0) is 49.6 Å². The maximum atomic E-state index is 13.1. The second-order valence-electron chi connectivity index (χ2n) is 8.20. The lowest BCUT2D eigenvalue weighted by atomic mass is 10.1. The van der Waals surface area contributed by atoms with Crippen molar-refractivity contribution >= 4 is 34.2 Å². The third kappa shape index (κ3) is 4.61.